The summed E-state index contributed by atoms with van der Waals surface area (Å²) in [5.41, 5.74) is 9.19. The Bertz CT molecular complexity index is 3070. The maximum atomic E-state index is 5.64. The molecule has 0 spiro atoms. The van der Waals surface area contributed by atoms with Gasteiger partial charge in [-0.2, -0.15) is 0 Å². The van der Waals surface area contributed by atoms with Gasteiger partial charge in [-0.25, -0.2) is 15.0 Å². The molecule has 12 rings (SSSR count). The van der Waals surface area contributed by atoms with Crippen molar-refractivity contribution in [3.63, 3.8) is 0 Å². The molecule has 5 fully saturated rings. The second kappa shape index (κ2) is 27.6. The third kappa shape index (κ3) is 14.9. The summed E-state index contributed by atoms with van der Waals surface area (Å²) in [6, 6.07) is 16.2. The molecule has 0 bridgehead atoms. The molecule has 6 aliphatic rings. The Hall–Kier alpha value is -3.78. The molecule has 3 aliphatic carbocycles. The second-order valence-electron chi connectivity index (χ2n) is 31.7. The molecule has 1 unspecified atom stereocenters. The van der Waals surface area contributed by atoms with Gasteiger partial charge in [-0.15, -0.1) is 0 Å². The number of hydrogen-bond donors (Lipinski definition) is 0. The summed E-state index contributed by atoms with van der Waals surface area (Å²) in [4.78, 5) is 22.9. The lowest BCUT2D eigenvalue weighted by atomic mass is 9.81. The van der Waals surface area contributed by atoms with Gasteiger partial charge in [0.25, 0.3) is 0 Å². The quantitative estimate of drug-likeness (QED) is 0.131. The van der Waals surface area contributed by atoms with Gasteiger partial charge < -0.3 is 26.9 Å². The average molecular weight is 1240 g/mol. The van der Waals surface area contributed by atoms with Crippen LogP contribution in [0.5, 0.6) is 0 Å². The van der Waals surface area contributed by atoms with Crippen molar-refractivity contribution in [3.8, 4) is 0 Å². The van der Waals surface area contributed by atoms with Crippen LogP contribution in [0.1, 0.15) is 181 Å². The Kier molecular flexibility index (Phi) is 21.0. The molecular formula is C72H115N9O3Si3. The molecule has 1 atom stereocenters. The van der Waals surface area contributed by atoms with Crippen LogP contribution in [-0.4, -0.2) is 164 Å². The Morgan fingerprint density at radius 2 is 0.770 bits per heavy atom. The summed E-state index contributed by atoms with van der Waals surface area (Å²) in [5, 5.41) is 4.81. The number of ether oxygens (including phenoxy) is 3. The molecule has 478 valence electrons. The zero-order valence-electron chi connectivity index (χ0n) is 57.0. The molecule has 87 heavy (non-hydrogen) atoms. The summed E-state index contributed by atoms with van der Waals surface area (Å²) in [5.74, 6) is 1.34. The number of pyridine rings is 3. The SMILES string of the molecule is CC(C)(C)[Si](C)(C)n1ccc2cc(C3=CCC(N4CCCOCC4)CC3)cnc21.CC(C)(C)[Si](C)(C)n1ccc2cc(C3CCC(N4CCCOCC4)CC3)cnc21.CC(C)(C)[Si](C)(C)n1ccc2cc(C3CCC(N4CCCOCC4)CC3)cnc21. The van der Waals surface area contributed by atoms with E-state index in [0.29, 0.717) is 33.0 Å². The van der Waals surface area contributed by atoms with Crippen molar-refractivity contribution in [1.29, 1.82) is 0 Å². The minimum absolute atomic E-state index is 0.290. The van der Waals surface area contributed by atoms with Crippen LogP contribution in [0, 0.1) is 0 Å². The summed E-state index contributed by atoms with van der Waals surface area (Å²) < 4.78 is 24.4. The van der Waals surface area contributed by atoms with Crippen LogP contribution in [0.3, 0.4) is 0 Å². The van der Waals surface area contributed by atoms with Gasteiger partial charge >= 0.3 is 0 Å². The highest BCUT2D eigenvalue weighted by Gasteiger charge is 2.41. The fourth-order valence-corrected chi connectivity index (χ4v) is 20.2. The molecule has 9 heterocycles. The second-order valence-corrected chi connectivity index (χ2v) is 47.0. The van der Waals surface area contributed by atoms with Crippen molar-refractivity contribution < 1.29 is 14.2 Å². The molecule has 3 saturated heterocycles. The lowest BCUT2D eigenvalue weighted by Crippen LogP contribution is -2.45. The van der Waals surface area contributed by atoms with Crippen LogP contribution in [0.2, 0.25) is 54.4 Å². The van der Waals surface area contributed by atoms with E-state index in [2.05, 4.69) is 209 Å². The Morgan fingerprint density at radius 3 is 1.13 bits per heavy atom. The predicted octanol–water partition coefficient (Wildman–Crippen LogP) is 16.8. The Morgan fingerprint density at radius 1 is 0.414 bits per heavy atom. The first-order valence-electron chi connectivity index (χ1n) is 34.4. The number of hydrogen-bond acceptors (Lipinski definition) is 9. The number of allylic oxidation sites excluding steroid dienone is 1. The smallest absolute Gasteiger partial charge is 0.163 e. The lowest BCUT2D eigenvalue weighted by molar-refractivity contribution is 0.118. The minimum Gasteiger partial charge on any atom is -0.380 e. The van der Waals surface area contributed by atoms with E-state index in [1.807, 2.05) is 0 Å². The Labute approximate surface area is 528 Å². The number of aromatic nitrogens is 6. The van der Waals surface area contributed by atoms with Crippen LogP contribution in [0.15, 0.2) is 79.7 Å². The van der Waals surface area contributed by atoms with Crippen LogP contribution in [0.4, 0.5) is 0 Å². The number of rotatable bonds is 9. The third-order valence-corrected chi connectivity index (χ3v) is 39.1. The molecule has 0 radical (unpaired) electrons. The van der Waals surface area contributed by atoms with Gasteiger partial charge in [0.2, 0.25) is 0 Å². The van der Waals surface area contributed by atoms with Gasteiger partial charge in [0.15, 0.2) is 24.7 Å². The molecule has 12 nitrogen and oxygen atoms in total. The first-order valence-corrected chi connectivity index (χ1v) is 43.2. The normalized spacial score (nSPS) is 24.4. The van der Waals surface area contributed by atoms with Crippen molar-refractivity contribution in [3.05, 3.63) is 96.3 Å². The third-order valence-electron chi connectivity index (χ3n) is 23.3. The van der Waals surface area contributed by atoms with E-state index in [1.54, 1.807) is 0 Å². The van der Waals surface area contributed by atoms with E-state index in [4.69, 9.17) is 29.2 Å². The maximum absolute atomic E-state index is 5.64. The Balaban J connectivity index is 0.000000144. The van der Waals surface area contributed by atoms with E-state index in [0.717, 1.165) is 89.8 Å². The van der Waals surface area contributed by atoms with Crippen molar-refractivity contribution in [1.82, 2.24) is 42.3 Å². The van der Waals surface area contributed by atoms with Gasteiger partial charge in [-0.3, -0.25) is 14.7 Å². The monoisotopic (exact) mass is 1240 g/mol. The molecular weight excluding hydrogens is 1120 g/mol. The van der Waals surface area contributed by atoms with E-state index in [-0.39, 0.29) is 0 Å². The minimum atomic E-state index is -1.66. The van der Waals surface area contributed by atoms with Gasteiger partial charge in [-0.1, -0.05) is 108 Å². The number of fused-ring (bicyclic) bond motifs is 3. The van der Waals surface area contributed by atoms with E-state index in [9.17, 15) is 0 Å². The summed E-state index contributed by atoms with van der Waals surface area (Å²) in [7, 11) is -4.95. The highest BCUT2D eigenvalue weighted by Crippen LogP contribution is 2.44. The molecule has 15 heteroatoms. The maximum Gasteiger partial charge on any atom is 0.163 e. The summed E-state index contributed by atoms with van der Waals surface area (Å²) in [6.45, 7) is 48.4. The molecule has 0 aromatic carbocycles. The molecule has 0 amide bonds. The lowest BCUT2D eigenvalue weighted by Gasteiger charge is -2.38. The van der Waals surface area contributed by atoms with Crippen LogP contribution >= 0.6 is 0 Å². The zero-order valence-corrected chi connectivity index (χ0v) is 60.0. The topological polar surface area (TPSA) is 90.9 Å². The predicted molar refractivity (Wildman–Crippen MR) is 374 cm³/mol. The molecule has 6 aromatic heterocycles. The van der Waals surface area contributed by atoms with E-state index >= 15 is 0 Å². The molecule has 0 N–H and O–H groups in total. The van der Waals surface area contributed by atoms with Crippen molar-refractivity contribution >= 4 is 63.4 Å². The van der Waals surface area contributed by atoms with Gasteiger partial charge in [-0.05, 0) is 194 Å². The largest absolute Gasteiger partial charge is 0.380 e. The van der Waals surface area contributed by atoms with Crippen LogP contribution < -0.4 is 0 Å². The van der Waals surface area contributed by atoms with E-state index in [1.165, 1.54) is 146 Å². The highest BCUT2D eigenvalue weighted by molar-refractivity contribution is 6.80. The van der Waals surface area contributed by atoms with Crippen LogP contribution in [-0.2, 0) is 14.2 Å². The molecule has 6 aromatic rings. The van der Waals surface area contributed by atoms with Crippen LogP contribution in [0.25, 0.3) is 38.7 Å². The standard InChI is InChI=1S/2C24H39N3OSi.C24H37N3OSi/c3*1-24(2,3)29(4,5)27-13-11-20-17-21(18-25-23(20)27)19-7-9-22(10-8-19)26-12-6-15-28-16-14-26/h2*11,13,17-19,22H,6-10,12,14-16H2,1-5H3;7,11,13,17-18,22H,6,8-10,12,14-16H2,1-5H3. The van der Waals surface area contributed by atoms with Gasteiger partial charge in [0, 0.05) is 112 Å². The fourth-order valence-electron chi connectivity index (χ4n) is 14.5. The fraction of sp³-hybridized carbons (Fsp3) is 0.681. The molecule has 2 saturated carbocycles. The molecule has 3 aliphatic heterocycles. The summed E-state index contributed by atoms with van der Waals surface area (Å²) >= 11 is 0. The summed E-state index contributed by atoms with van der Waals surface area (Å²) in [6.07, 6.45) is 33.3. The zero-order chi connectivity index (χ0) is 61.9. The van der Waals surface area contributed by atoms with E-state index < -0.39 is 24.7 Å². The first kappa shape index (κ1) is 66.2. The highest BCUT2D eigenvalue weighted by atomic mass is 28.3. The van der Waals surface area contributed by atoms with Gasteiger partial charge in [0.1, 0.15) is 16.9 Å². The van der Waals surface area contributed by atoms with Crippen molar-refractivity contribution in [2.45, 2.75) is 237 Å². The van der Waals surface area contributed by atoms with Gasteiger partial charge in [0.05, 0.1) is 19.8 Å². The number of nitrogens with zero attached hydrogens (tertiary/aromatic N) is 9. The van der Waals surface area contributed by atoms with Crippen molar-refractivity contribution in [2.24, 2.45) is 0 Å². The average Bonchev–Trinajstić information content (AvgIpc) is 1.80. The van der Waals surface area contributed by atoms with Crippen molar-refractivity contribution in [2.75, 3.05) is 78.9 Å². The first-order chi connectivity index (χ1) is 41.3.